The fourth-order valence-electron chi connectivity index (χ4n) is 3.41. The second-order valence-corrected chi connectivity index (χ2v) is 5.69. The van der Waals surface area contributed by atoms with E-state index in [1.54, 1.807) is 0 Å². The van der Waals surface area contributed by atoms with Crippen molar-refractivity contribution in [1.82, 2.24) is 15.1 Å². The van der Waals surface area contributed by atoms with Crippen LogP contribution >= 0.6 is 0 Å². The Morgan fingerprint density at radius 2 is 2.11 bits per heavy atom. The van der Waals surface area contributed by atoms with Crippen LogP contribution in [0.4, 0.5) is 0 Å². The standard InChI is InChI=1S/C14H24N4/c15-9-11-5-3-4-8-18(11)10-14-12-6-1-2-7-13(12)16-17-14/h11H,1-10,15H2,(H,16,17)/t11-/m1/s1. The van der Waals surface area contributed by atoms with E-state index in [2.05, 4.69) is 15.1 Å². The van der Waals surface area contributed by atoms with Crippen molar-refractivity contribution in [3.8, 4) is 0 Å². The minimum atomic E-state index is 0.565. The van der Waals surface area contributed by atoms with Crippen molar-refractivity contribution in [2.24, 2.45) is 5.73 Å². The summed E-state index contributed by atoms with van der Waals surface area (Å²) in [5, 5.41) is 7.79. The zero-order valence-corrected chi connectivity index (χ0v) is 11.1. The number of nitrogens with two attached hydrogens (primary N) is 1. The van der Waals surface area contributed by atoms with Crippen LogP contribution in [0.2, 0.25) is 0 Å². The summed E-state index contributed by atoms with van der Waals surface area (Å²) in [7, 11) is 0. The van der Waals surface area contributed by atoms with Gasteiger partial charge in [0.15, 0.2) is 0 Å². The number of aromatic amines is 1. The summed E-state index contributed by atoms with van der Waals surface area (Å²) in [4.78, 5) is 2.54. The van der Waals surface area contributed by atoms with E-state index in [0.29, 0.717) is 6.04 Å². The van der Waals surface area contributed by atoms with E-state index in [4.69, 9.17) is 5.73 Å². The second kappa shape index (κ2) is 5.41. The molecule has 3 rings (SSSR count). The predicted octanol–water partition coefficient (Wildman–Crippen LogP) is 1.60. The van der Waals surface area contributed by atoms with Gasteiger partial charge in [-0.05, 0) is 50.6 Å². The first-order valence-corrected chi connectivity index (χ1v) is 7.37. The fraction of sp³-hybridized carbons (Fsp3) is 0.786. The molecule has 18 heavy (non-hydrogen) atoms. The Bertz CT molecular complexity index is 398. The molecule has 0 radical (unpaired) electrons. The van der Waals surface area contributed by atoms with Crippen LogP contribution in [0.1, 0.15) is 49.1 Å². The zero-order chi connectivity index (χ0) is 12.4. The number of nitrogens with zero attached hydrogens (tertiary/aromatic N) is 2. The van der Waals surface area contributed by atoms with E-state index in [0.717, 1.165) is 13.1 Å². The van der Waals surface area contributed by atoms with Gasteiger partial charge >= 0.3 is 0 Å². The van der Waals surface area contributed by atoms with Crippen molar-refractivity contribution in [3.63, 3.8) is 0 Å². The van der Waals surface area contributed by atoms with Crippen LogP contribution in [-0.4, -0.2) is 34.2 Å². The second-order valence-electron chi connectivity index (χ2n) is 5.69. The number of rotatable bonds is 3. The molecule has 0 unspecified atom stereocenters. The lowest BCUT2D eigenvalue weighted by molar-refractivity contribution is 0.142. The van der Waals surface area contributed by atoms with Crippen LogP contribution in [0.25, 0.3) is 0 Å². The van der Waals surface area contributed by atoms with Crippen LogP contribution in [0.3, 0.4) is 0 Å². The number of H-pyrrole nitrogens is 1. The molecule has 100 valence electrons. The maximum Gasteiger partial charge on any atom is 0.0797 e. The van der Waals surface area contributed by atoms with Gasteiger partial charge < -0.3 is 5.73 Å². The van der Waals surface area contributed by atoms with Crippen LogP contribution < -0.4 is 5.73 Å². The lowest BCUT2D eigenvalue weighted by Gasteiger charge is -2.34. The quantitative estimate of drug-likeness (QED) is 0.854. The highest BCUT2D eigenvalue weighted by Gasteiger charge is 2.24. The van der Waals surface area contributed by atoms with Gasteiger partial charge in [-0.3, -0.25) is 10.00 Å². The van der Waals surface area contributed by atoms with Crippen molar-refractivity contribution < 1.29 is 0 Å². The average Bonchev–Trinajstić information content (AvgIpc) is 2.83. The molecule has 4 nitrogen and oxygen atoms in total. The summed E-state index contributed by atoms with van der Waals surface area (Å²) >= 11 is 0. The van der Waals surface area contributed by atoms with Gasteiger partial charge in [-0.2, -0.15) is 5.10 Å². The minimum absolute atomic E-state index is 0.565. The molecule has 4 heteroatoms. The molecule has 1 aliphatic carbocycles. The first kappa shape index (κ1) is 12.2. The Balaban J connectivity index is 1.73. The minimum Gasteiger partial charge on any atom is -0.329 e. The van der Waals surface area contributed by atoms with Crippen molar-refractivity contribution in [2.45, 2.75) is 57.5 Å². The third kappa shape index (κ3) is 2.31. The third-order valence-electron chi connectivity index (χ3n) is 4.52. The van der Waals surface area contributed by atoms with Gasteiger partial charge in [-0.15, -0.1) is 0 Å². The van der Waals surface area contributed by atoms with Gasteiger partial charge in [0, 0.05) is 24.8 Å². The summed E-state index contributed by atoms with van der Waals surface area (Å²) in [6.07, 6.45) is 8.91. The number of likely N-dealkylation sites (tertiary alicyclic amines) is 1. The molecule has 2 heterocycles. The molecule has 1 saturated heterocycles. The third-order valence-corrected chi connectivity index (χ3v) is 4.52. The molecule has 1 aliphatic heterocycles. The predicted molar refractivity (Wildman–Crippen MR) is 72.3 cm³/mol. The van der Waals surface area contributed by atoms with Crippen molar-refractivity contribution in [2.75, 3.05) is 13.1 Å². The Morgan fingerprint density at radius 3 is 3.00 bits per heavy atom. The molecule has 1 aromatic heterocycles. The topological polar surface area (TPSA) is 57.9 Å². The molecule has 2 aliphatic rings. The van der Waals surface area contributed by atoms with Crippen LogP contribution in [0.15, 0.2) is 0 Å². The van der Waals surface area contributed by atoms with Gasteiger partial charge in [-0.25, -0.2) is 0 Å². The van der Waals surface area contributed by atoms with Crippen molar-refractivity contribution >= 4 is 0 Å². The van der Waals surface area contributed by atoms with E-state index < -0.39 is 0 Å². The number of aromatic nitrogens is 2. The van der Waals surface area contributed by atoms with Crippen molar-refractivity contribution in [1.29, 1.82) is 0 Å². The van der Waals surface area contributed by atoms with E-state index in [1.807, 2.05) is 0 Å². The normalized spacial score (nSPS) is 25.1. The van der Waals surface area contributed by atoms with Crippen molar-refractivity contribution in [3.05, 3.63) is 17.0 Å². The van der Waals surface area contributed by atoms with Crippen LogP contribution in [0, 0.1) is 0 Å². The summed E-state index contributed by atoms with van der Waals surface area (Å²) in [5.41, 5.74) is 10.1. The van der Waals surface area contributed by atoms with Gasteiger partial charge in [0.25, 0.3) is 0 Å². The summed E-state index contributed by atoms with van der Waals surface area (Å²) < 4.78 is 0. The lowest BCUT2D eigenvalue weighted by atomic mass is 9.95. The van der Waals surface area contributed by atoms with E-state index in [1.165, 1.54) is 68.4 Å². The molecule has 0 aromatic carbocycles. The molecule has 3 N–H and O–H groups in total. The number of hydrogen-bond donors (Lipinski definition) is 2. The summed E-state index contributed by atoms with van der Waals surface area (Å²) in [6, 6.07) is 0.565. The Kier molecular flexibility index (Phi) is 3.66. The van der Waals surface area contributed by atoms with E-state index >= 15 is 0 Å². The van der Waals surface area contributed by atoms with Gasteiger partial charge in [0.2, 0.25) is 0 Å². The molecular formula is C14H24N4. The summed E-state index contributed by atoms with van der Waals surface area (Å²) in [5.74, 6) is 0. The SMILES string of the molecule is NC[C@H]1CCCCN1Cc1n[nH]c2c1CCCC2. The van der Waals surface area contributed by atoms with Crippen LogP contribution in [-0.2, 0) is 19.4 Å². The molecule has 1 atom stereocenters. The summed E-state index contributed by atoms with van der Waals surface area (Å²) in [6.45, 7) is 2.96. The Hall–Kier alpha value is -0.870. The zero-order valence-electron chi connectivity index (χ0n) is 11.1. The lowest BCUT2D eigenvalue weighted by Crippen LogP contribution is -2.43. The van der Waals surface area contributed by atoms with E-state index in [9.17, 15) is 0 Å². The number of aryl methyl sites for hydroxylation is 1. The molecule has 0 saturated carbocycles. The maximum absolute atomic E-state index is 5.89. The monoisotopic (exact) mass is 248 g/mol. The van der Waals surface area contributed by atoms with Gasteiger partial charge in [-0.1, -0.05) is 6.42 Å². The highest BCUT2D eigenvalue weighted by Crippen LogP contribution is 2.25. The Labute approximate surface area is 109 Å². The fourth-order valence-corrected chi connectivity index (χ4v) is 3.41. The van der Waals surface area contributed by atoms with Crippen LogP contribution in [0.5, 0.6) is 0 Å². The number of piperidine rings is 1. The molecule has 1 fully saturated rings. The first-order valence-electron chi connectivity index (χ1n) is 7.37. The number of hydrogen-bond acceptors (Lipinski definition) is 3. The molecule has 1 aromatic rings. The maximum atomic E-state index is 5.89. The van der Waals surface area contributed by atoms with Gasteiger partial charge in [0.05, 0.1) is 5.69 Å². The number of fused-ring (bicyclic) bond motifs is 1. The number of nitrogens with one attached hydrogen (secondary N) is 1. The smallest absolute Gasteiger partial charge is 0.0797 e. The highest BCUT2D eigenvalue weighted by atomic mass is 15.2. The molecular weight excluding hydrogens is 224 g/mol. The first-order chi connectivity index (χ1) is 8.88. The largest absolute Gasteiger partial charge is 0.329 e. The molecule has 0 bridgehead atoms. The molecule has 0 amide bonds. The Morgan fingerprint density at radius 1 is 1.22 bits per heavy atom. The van der Waals surface area contributed by atoms with E-state index in [-0.39, 0.29) is 0 Å². The molecule has 0 spiro atoms. The highest BCUT2D eigenvalue weighted by molar-refractivity contribution is 5.27. The average molecular weight is 248 g/mol. The van der Waals surface area contributed by atoms with Gasteiger partial charge in [0.1, 0.15) is 0 Å².